The van der Waals surface area contributed by atoms with E-state index in [0.717, 1.165) is 13.0 Å². The molecule has 0 fully saturated rings. The van der Waals surface area contributed by atoms with Crippen molar-refractivity contribution < 1.29 is 0 Å². The molecule has 0 aliphatic carbocycles. The van der Waals surface area contributed by atoms with Crippen molar-refractivity contribution in [3.63, 3.8) is 0 Å². The van der Waals surface area contributed by atoms with Crippen LogP contribution in [0.3, 0.4) is 0 Å². The zero-order valence-corrected chi connectivity index (χ0v) is 12.9. The second-order valence-corrected chi connectivity index (χ2v) is 6.44. The molecule has 0 bridgehead atoms. The van der Waals surface area contributed by atoms with Crippen molar-refractivity contribution >= 4 is 28.6 Å². The van der Waals surface area contributed by atoms with Gasteiger partial charge >= 0.3 is 0 Å². The predicted octanol–water partition coefficient (Wildman–Crippen LogP) is 4.92. The SMILES string of the molecule is Cc1cc(CCl)ccc1N1CCc2sccc2C1C. The van der Waals surface area contributed by atoms with Crippen molar-refractivity contribution in [2.75, 3.05) is 11.4 Å². The molecule has 2 aromatic rings. The smallest absolute Gasteiger partial charge is 0.0525 e. The molecule has 1 aromatic heterocycles. The summed E-state index contributed by atoms with van der Waals surface area (Å²) < 4.78 is 0. The first-order chi connectivity index (χ1) is 9.20. The molecule has 3 heteroatoms. The number of benzene rings is 1. The van der Waals surface area contributed by atoms with Crippen LogP contribution in [0.15, 0.2) is 29.6 Å². The number of alkyl halides is 1. The van der Waals surface area contributed by atoms with Gasteiger partial charge in [0.15, 0.2) is 0 Å². The van der Waals surface area contributed by atoms with Crippen LogP contribution >= 0.6 is 22.9 Å². The number of hydrogen-bond acceptors (Lipinski definition) is 2. The van der Waals surface area contributed by atoms with Gasteiger partial charge in [0.1, 0.15) is 0 Å². The summed E-state index contributed by atoms with van der Waals surface area (Å²) in [6, 6.07) is 9.32. The summed E-state index contributed by atoms with van der Waals surface area (Å²) in [6.45, 7) is 5.59. The Kier molecular flexibility index (Phi) is 3.55. The molecule has 19 heavy (non-hydrogen) atoms. The maximum atomic E-state index is 5.91. The molecule has 0 spiro atoms. The zero-order chi connectivity index (χ0) is 13.4. The minimum Gasteiger partial charge on any atom is -0.364 e. The van der Waals surface area contributed by atoms with Crippen LogP contribution in [-0.2, 0) is 12.3 Å². The normalized spacial score (nSPS) is 18.5. The molecule has 1 aliphatic rings. The maximum absolute atomic E-state index is 5.91. The molecule has 3 rings (SSSR count). The van der Waals surface area contributed by atoms with Crippen molar-refractivity contribution in [1.82, 2.24) is 0 Å². The van der Waals surface area contributed by atoms with E-state index in [1.165, 1.54) is 22.4 Å². The maximum Gasteiger partial charge on any atom is 0.0525 e. The summed E-state index contributed by atoms with van der Waals surface area (Å²) in [6.07, 6.45) is 1.16. The topological polar surface area (TPSA) is 3.24 Å². The Bertz CT molecular complexity index is 590. The number of anilines is 1. The van der Waals surface area contributed by atoms with Crippen molar-refractivity contribution in [2.45, 2.75) is 32.2 Å². The fourth-order valence-corrected chi connectivity index (χ4v) is 4.09. The quantitative estimate of drug-likeness (QED) is 0.710. The minimum atomic E-state index is 0.468. The standard InChI is InChI=1S/C16H18ClNS/c1-11-9-13(10-17)3-4-15(11)18-7-5-16-14(12(18)2)6-8-19-16/h3-4,6,8-9,12H,5,7,10H2,1-2H3. The highest BCUT2D eigenvalue weighted by Gasteiger charge is 2.25. The Morgan fingerprint density at radius 3 is 2.95 bits per heavy atom. The number of fused-ring (bicyclic) bond motifs is 1. The first-order valence-electron chi connectivity index (χ1n) is 6.69. The molecule has 1 aliphatic heterocycles. The molecule has 1 unspecified atom stereocenters. The number of hydrogen-bond donors (Lipinski definition) is 0. The van der Waals surface area contributed by atoms with E-state index in [9.17, 15) is 0 Å². The second-order valence-electron chi connectivity index (χ2n) is 5.17. The van der Waals surface area contributed by atoms with E-state index >= 15 is 0 Å². The summed E-state index contributed by atoms with van der Waals surface area (Å²) in [4.78, 5) is 4.07. The average molecular weight is 292 g/mol. The highest BCUT2D eigenvalue weighted by molar-refractivity contribution is 7.10. The van der Waals surface area contributed by atoms with E-state index in [0.29, 0.717) is 11.9 Å². The molecular formula is C16H18ClNS. The van der Waals surface area contributed by atoms with E-state index in [4.69, 9.17) is 11.6 Å². The molecule has 1 aromatic carbocycles. The molecule has 0 saturated heterocycles. The summed E-state index contributed by atoms with van der Waals surface area (Å²) in [5.41, 5.74) is 5.36. The molecule has 0 radical (unpaired) electrons. The summed E-state index contributed by atoms with van der Waals surface area (Å²) in [7, 11) is 0. The van der Waals surface area contributed by atoms with Gasteiger partial charge in [0.2, 0.25) is 0 Å². The van der Waals surface area contributed by atoms with Gasteiger partial charge in [-0.1, -0.05) is 12.1 Å². The molecule has 0 N–H and O–H groups in total. The van der Waals surface area contributed by atoms with Crippen molar-refractivity contribution in [1.29, 1.82) is 0 Å². The monoisotopic (exact) mass is 291 g/mol. The molecule has 2 heterocycles. The van der Waals surface area contributed by atoms with Gasteiger partial charge < -0.3 is 4.90 Å². The Hall–Kier alpha value is -0.990. The van der Waals surface area contributed by atoms with E-state index < -0.39 is 0 Å². The molecule has 0 saturated carbocycles. The van der Waals surface area contributed by atoms with Crippen molar-refractivity contribution in [2.24, 2.45) is 0 Å². The predicted molar refractivity (Wildman–Crippen MR) is 84.5 cm³/mol. The van der Waals surface area contributed by atoms with Crippen LogP contribution in [0.2, 0.25) is 0 Å². The van der Waals surface area contributed by atoms with Crippen LogP contribution < -0.4 is 4.90 Å². The molecule has 1 atom stereocenters. The number of halogens is 1. The lowest BCUT2D eigenvalue weighted by atomic mass is 9.99. The van der Waals surface area contributed by atoms with Crippen LogP contribution in [0.25, 0.3) is 0 Å². The molecule has 1 nitrogen and oxygen atoms in total. The number of aryl methyl sites for hydroxylation is 1. The first-order valence-corrected chi connectivity index (χ1v) is 8.10. The lowest BCUT2D eigenvalue weighted by molar-refractivity contribution is 0.631. The van der Waals surface area contributed by atoms with Crippen molar-refractivity contribution in [3.8, 4) is 0 Å². The van der Waals surface area contributed by atoms with Crippen LogP contribution in [-0.4, -0.2) is 6.54 Å². The van der Waals surface area contributed by atoms with Gasteiger partial charge in [-0.05, 0) is 54.5 Å². The fraction of sp³-hybridized carbons (Fsp3) is 0.375. The van der Waals surface area contributed by atoms with Gasteiger partial charge in [-0.3, -0.25) is 0 Å². The van der Waals surface area contributed by atoms with Gasteiger partial charge in [0.05, 0.1) is 6.04 Å². The number of nitrogens with zero attached hydrogens (tertiary/aromatic N) is 1. The number of rotatable bonds is 2. The zero-order valence-electron chi connectivity index (χ0n) is 11.3. The first kappa shape index (κ1) is 13.0. The van der Waals surface area contributed by atoms with Crippen molar-refractivity contribution in [3.05, 3.63) is 51.2 Å². The van der Waals surface area contributed by atoms with Crippen LogP contribution in [0.5, 0.6) is 0 Å². The third kappa shape index (κ3) is 2.28. The Labute approximate surface area is 123 Å². The minimum absolute atomic E-state index is 0.468. The summed E-state index contributed by atoms with van der Waals surface area (Å²) in [5, 5.41) is 2.22. The van der Waals surface area contributed by atoms with Gasteiger partial charge in [-0.2, -0.15) is 0 Å². The lowest BCUT2D eigenvalue weighted by Gasteiger charge is -2.36. The lowest BCUT2D eigenvalue weighted by Crippen LogP contribution is -2.33. The summed E-state index contributed by atoms with van der Waals surface area (Å²) >= 11 is 7.80. The Morgan fingerprint density at radius 1 is 1.37 bits per heavy atom. The van der Waals surface area contributed by atoms with E-state index in [1.807, 2.05) is 11.3 Å². The van der Waals surface area contributed by atoms with E-state index in [2.05, 4.69) is 48.4 Å². The van der Waals surface area contributed by atoms with Gasteiger partial charge in [-0.15, -0.1) is 22.9 Å². The van der Waals surface area contributed by atoms with Gasteiger partial charge in [-0.25, -0.2) is 0 Å². The Morgan fingerprint density at radius 2 is 2.21 bits per heavy atom. The third-order valence-corrected chi connectivity index (χ3v) is 5.31. The highest BCUT2D eigenvalue weighted by Crippen LogP contribution is 2.37. The molecular weight excluding hydrogens is 274 g/mol. The largest absolute Gasteiger partial charge is 0.364 e. The Balaban J connectivity index is 1.95. The molecule has 100 valence electrons. The van der Waals surface area contributed by atoms with Gasteiger partial charge in [0.25, 0.3) is 0 Å². The van der Waals surface area contributed by atoms with E-state index in [1.54, 1.807) is 4.88 Å². The third-order valence-electron chi connectivity index (χ3n) is 4.00. The molecule has 0 amide bonds. The second kappa shape index (κ2) is 5.18. The fourth-order valence-electron chi connectivity index (χ4n) is 2.96. The number of thiophene rings is 1. The average Bonchev–Trinajstić information content (AvgIpc) is 2.89. The van der Waals surface area contributed by atoms with Crippen LogP contribution in [0, 0.1) is 6.92 Å². The van der Waals surface area contributed by atoms with Gasteiger partial charge in [0, 0.05) is 23.0 Å². The van der Waals surface area contributed by atoms with Crippen LogP contribution in [0.4, 0.5) is 5.69 Å². The summed E-state index contributed by atoms with van der Waals surface area (Å²) in [5.74, 6) is 0.589. The highest BCUT2D eigenvalue weighted by atomic mass is 35.5. The van der Waals surface area contributed by atoms with E-state index in [-0.39, 0.29) is 0 Å². The van der Waals surface area contributed by atoms with Crippen LogP contribution in [0.1, 0.15) is 34.5 Å².